The smallest absolute Gasteiger partial charge is 0.269 e. The van der Waals surface area contributed by atoms with Gasteiger partial charge in [-0.3, -0.25) is 39.7 Å². The second-order valence-electron chi connectivity index (χ2n) is 13.1. The Balaban J connectivity index is 0.898. The Kier molecular flexibility index (Phi) is 7.47. The lowest BCUT2D eigenvalue weighted by Crippen LogP contribution is -2.52. The maximum absolute atomic E-state index is 13.3. The van der Waals surface area contributed by atoms with Crippen LogP contribution in [0.3, 0.4) is 0 Å². The standard InChI is InChI=1S/C32H39N7O5/c40-29-6-5-28(30(41)34-29)38-21-27-26(31(38)42)19-25(20-33-27)35-13-11-32(12-14-35)9-7-23(8-10-32)37-17-15-36(16-18-37)22-1-3-24(4-2-22)39(43)44/h1-4,19-20,23,28H,5-18,21H2,(H,34,40,41). The summed E-state index contributed by atoms with van der Waals surface area (Å²) in [5.74, 6) is -0.862. The summed E-state index contributed by atoms with van der Waals surface area (Å²) in [5, 5.41) is 13.3. The Bertz CT molecular complexity index is 1450. The van der Waals surface area contributed by atoms with Crippen LogP contribution in [0.2, 0.25) is 0 Å². The zero-order valence-corrected chi connectivity index (χ0v) is 24.9. The number of carbonyl (C=O) groups is 3. The van der Waals surface area contributed by atoms with E-state index in [1.165, 1.54) is 25.7 Å². The van der Waals surface area contributed by atoms with Crippen LogP contribution in [0.1, 0.15) is 67.4 Å². The molecule has 2 aromatic rings. The van der Waals surface area contributed by atoms with E-state index in [-0.39, 0.29) is 28.8 Å². The third-order valence-corrected chi connectivity index (χ3v) is 10.8. The molecular formula is C32H39N7O5. The topological polar surface area (TPSA) is 132 Å². The number of rotatable bonds is 5. The summed E-state index contributed by atoms with van der Waals surface area (Å²) < 4.78 is 0. The van der Waals surface area contributed by atoms with Gasteiger partial charge in [0.2, 0.25) is 11.8 Å². The van der Waals surface area contributed by atoms with Crippen molar-refractivity contribution >= 4 is 34.8 Å². The maximum atomic E-state index is 13.3. The fraction of sp³-hybridized carbons (Fsp3) is 0.562. The van der Waals surface area contributed by atoms with Gasteiger partial charge < -0.3 is 14.7 Å². The number of piperidine rings is 2. The summed E-state index contributed by atoms with van der Waals surface area (Å²) in [6, 6.07) is 8.84. The molecule has 1 atom stereocenters. The molecule has 232 valence electrons. The van der Waals surface area contributed by atoms with Crippen molar-refractivity contribution in [2.75, 3.05) is 49.1 Å². The van der Waals surface area contributed by atoms with Gasteiger partial charge >= 0.3 is 0 Å². The number of pyridine rings is 1. The highest BCUT2D eigenvalue weighted by Gasteiger charge is 2.42. The Morgan fingerprint density at radius 1 is 0.864 bits per heavy atom. The quantitative estimate of drug-likeness (QED) is 0.312. The number of non-ortho nitro benzene ring substituents is 1. The van der Waals surface area contributed by atoms with Gasteiger partial charge in [-0.25, -0.2) is 0 Å². The largest absolute Gasteiger partial charge is 0.370 e. The molecule has 1 spiro atoms. The van der Waals surface area contributed by atoms with E-state index in [1.807, 2.05) is 24.4 Å². The number of amides is 3. The van der Waals surface area contributed by atoms with Crippen LogP contribution in [0.15, 0.2) is 36.5 Å². The minimum atomic E-state index is -0.623. The zero-order chi connectivity index (χ0) is 30.4. The van der Waals surface area contributed by atoms with Crippen LogP contribution in [0.5, 0.6) is 0 Å². The summed E-state index contributed by atoms with van der Waals surface area (Å²) >= 11 is 0. The van der Waals surface area contributed by atoms with Gasteiger partial charge in [0.05, 0.1) is 34.6 Å². The molecule has 12 nitrogen and oxygen atoms in total. The fourth-order valence-electron chi connectivity index (χ4n) is 8.04. The highest BCUT2D eigenvalue weighted by Crippen LogP contribution is 2.46. The maximum Gasteiger partial charge on any atom is 0.269 e. The van der Waals surface area contributed by atoms with E-state index in [0.29, 0.717) is 35.7 Å². The monoisotopic (exact) mass is 601 g/mol. The van der Waals surface area contributed by atoms with Gasteiger partial charge in [-0.15, -0.1) is 0 Å². The lowest BCUT2D eigenvalue weighted by molar-refractivity contribution is -0.384. The number of nitrogens with zero attached hydrogens (tertiary/aromatic N) is 6. The van der Waals surface area contributed by atoms with Crippen molar-refractivity contribution in [3.63, 3.8) is 0 Å². The second-order valence-corrected chi connectivity index (χ2v) is 13.1. The Morgan fingerprint density at radius 3 is 2.20 bits per heavy atom. The number of carbonyl (C=O) groups excluding carboxylic acids is 3. The Morgan fingerprint density at radius 2 is 1.55 bits per heavy atom. The molecule has 1 aromatic heterocycles. The molecule has 1 aromatic carbocycles. The number of benzene rings is 1. The molecule has 1 unspecified atom stereocenters. The molecule has 12 heteroatoms. The van der Waals surface area contributed by atoms with Crippen LogP contribution in [-0.2, 0) is 16.1 Å². The minimum absolute atomic E-state index is 0.131. The summed E-state index contributed by atoms with van der Waals surface area (Å²) in [7, 11) is 0. The normalized spacial score (nSPS) is 24.5. The molecule has 1 saturated carbocycles. The first-order chi connectivity index (χ1) is 21.3. The number of nitro benzene ring substituents is 1. The van der Waals surface area contributed by atoms with E-state index in [2.05, 4.69) is 25.0 Å². The van der Waals surface area contributed by atoms with E-state index in [1.54, 1.807) is 17.0 Å². The molecule has 3 amide bonds. The van der Waals surface area contributed by atoms with Crippen molar-refractivity contribution in [3.8, 4) is 0 Å². The van der Waals surface area contributed by atoms with Gasteiger partial charge in [-0.05, 0) is 68.6 Å². The van der Waals surface area contributed by atoms with Crippen LogP contribution in [0.4, 0.5) is 17.1 Å². The molecular weight excluding hydrogens is 562 g/mol. The van der Waals surface area contributed by atoms with Crippen molar-refractivity contribution in [2.24, 2.45) is 5.41 Å². The molecule has 4 fully saturated rings. The first-order valence-corrected chi connectivity index (χ1v) is 15.9. The molecule has 0 bridgehead atoms. The van der Waals surface area contributed by atoms with E-state index < -0.39 is 11.9 Å². The van der Waals surface area contributed by atoms with Gasteiger partial charge in [0.15, 0.2) is 0 Å². The van der Waals surface area contributed by atoms with Gasteiger partial charge in [0.25, 0.3) is 11.6 Å². The zero-order valence-electron chi connectivity index (χ0n) is 24.9. The average Bonchev–Trinajstić information content (AvgIpc) is 3.37. The Labute approximate surface area is 256 Å². The third kappa shape index (κ3) is 5.40. The molecule has 1 N–H and O–H groups in total. The second kappa shape index (κ2) is 11.5. The molecule has 3 saturated heterocycles. The number of nitrogens with one attached hydrogen (secondary N) is 1. The number of aromatic nitrogens is 1. The molecule has 5 heterocycles. The highest BCUT2D eigenvalue weighted by molar-refractivity contribution is 6.05. The van der Waals surface area contributed by atoms with Gasteiger partial charge in [-0.1, -0.05) is 0 Å². The van der Waals surface area contributed by atoms with Crippen LogP contribution < -0.4 is 15.1 Å². The van der Waals surface area contributed by atoms with Gasteiger partial charge in [0.1, 0.15) is 6.04 Å². The van der Waals surface area contributed by atoms with Crippen molar-refractivity contribution in [1.29, 1.82) is 0 Å². The number of hydrogen-bond acceptors (Lipinski definition) is 9. The van der Waals surface area contributed by atoms with E-state index >= 15 is 0 Å². The molecule has 44 heavy (non-hydrogen) atoms. The van der Waals surface area contributed by atoms with E-state index in [9.17, 15) is 24.5 Å². The summed E-state index contributed by atoms with van der Waals surface area (Å²) in [4.78, 5) is 61.3. The molecule has 1 aliphatic carbocycles. The first-order valence-electron chi connectivity index (χ1n) is 15.9. The highest BCUT2D eigenvalue weighted by atomic mass is 16.6. The van der Waals surface area contributed by atoms with Gasteiger partial charge in [0, 0.05) is 69.6 Å². The molecule has 5 aliphatic rings. The fourth-order valence-corrected chi connectivity index (χ4v) is 8.04. The van der Waals surface area contributed by atoms with E-state index in [4.69, 9.17) is 0 Å². The molecule has 7 rings (SSSR count). The van der Waals surface area contributed by atoms with Crippen molar-refractivity contribution < 1.29 is 19.3 Å². The van der Waals surface area contributed by atoms with Crippen molar-refractivity contribution in [2.45, 2.75) is 70.0 Å². The SMILES string of the molecule is O=C1CCC(N2Cc3ncc(N4CCC5(CCC(N6CCN(c7ccc([N+](=O)[O-])cc7)CC6)CC5)CC4)cc3C2=O)C(=O)N1. The van der Waals surface area contributed by atoms with E-state index in [0.717, 1.165) is 63.5 Å². The van der Waals surface area contributed by atoms with Crippen LogP contribution in [0, 0.1) is 15.5 Å². The lowest BCUT2D eigenvalue weighted by Gasteiger charge is -2.49. The van der Waals surface area contributed by atoms with Crippen LogP contribution in [-0.4, -0.2) is 88.8 Å². The minimum Gasteiger partial charge on any atom is -0.370 e. The van der Waals surface area contributed by atoms with Crippen molar-refractivity contribution in [3.05, 3.63) is 57.9 Å². The average molecular weight is 602 g/mol. The van der Waals surface area contributed by atoms with Gasteiger partial charge in [-0.2, -0.15) is 0 Å². The van der Waals surface area contributed by atoms with Crippen LogP contribution >= 0.6 is 0 Å². The predicted octanol–water partition coefficient (Wildman–Crippen LogP) is 3.10. The third-order valence-electron chi connectivity index (χ3n) is 10.8. The number of hydrogen-bond donors (Lipinski definition) is 1. The summed E-state index contributed by atoms with van der Waals surface area (Å²) in [6.45, 7) is 6.13. The summed E-state index contributed by atoms with van der Waals surface area (Å²) in [5.41, 5.74) is 3.81. The summed E-state index contributed by atoms with van der Waals surface area (Å²) in [6.07, 6.45) is 9.68. The molecule has 4 aliphatic heterocycles. The number of imide groups is 1. The first kappa shape index (κ1) is 28.7. The number of anilines is 2. The number of fused-ring (bicyclic) bond motifs is 1. The van der Waals surface area contributed by atoms with Crippen LogP contribution in [0.25, 0.3) is 0 Å². The number of piperazine rings is 1. The van der Waals surface area contributed by atoms with Crippen molar-refractivity contribution in [1.82, 2.24) is 20.1 Å². The predicted molar refractivity (Wildman–Crippen MR) is 163 cm³/mol. The Hall–Kier alpha value is -4.06. The molecule has 0 radical (unpaired) electrons. The lowest BCUT2D eigenvalue weighted by atomic mass is 9.66. The number of nitro groups is 1.